The normalized spacial score (nSPS) is 22.3. The number of nitrogens with zero attached hydrogens (tertiary/aromatic N) is 1. The van der Waals surface area contributed by atoms with E-state index in [1.54, 1.807) is 25.3 Å². The molecule has 20 heavy (non-hydrogen) atoms. The van der Waals surface area contributed by atoms with Crippen molar-refractivity contribution in [2.24, 2.45) is 0 Å². The van der Waals surface area contributed by atoms with Crippen LogP contribution >= 0.6 is 11.6 Å². The molecule has 106 valence electrons. The standard InChI is InChI=1S/C14H15ClN2O3/c1-20-12-5-2-8(15)6-10(12)16-11-7-13(18)17(14(11)19)9-3-4-9/h2,5-6,9,11,16H,3-4,7H2,1H3. The molecule has 6 heteroatoms. The summed E-state index contributed by atoms with van der Waals surface area (Å²) in [5, 5.41) is 3.62. The third-order valence-corrected chi connectivity index (χ3v) is 3.82. The van der Waals surface area contributed by atoms with Gasteiger partial charge in [-0.3, -0.25) is 14.5 Å². The molecule has 1 heterocycles. The molecule has 1 unspecified atom stereocenters. The molecule has 0 aromatic heterocycles. The number of carbonyl (C=O) groups is 2. The summed E-state index contributed by atoms with van der Waals surface area (Å²) >= 11 is 5.96. The Labute approximate surface area is 121 Å². The van der Waals surface area contributed by atoms with Gasteiger partial charge in [-0.15, -0.1) is 0 Å². The molecule has 0 radical (unpaired) electrons. The molecule has 1 aromatic carbocycles. The fourth-order valence-electron chi connectivity index (χ4n) is 2.46. The Kier molecular flexibility index (Phi) is 3.30. The molecular weight excluding hydrogens is 280 g/mol. The summed E-state index contributed by atoms with van der Waals surface area (Å²) in [6.07, 6.45) is 2.03. The molecule has 1 saturated heterocycles. The van der Waals surface area contributed by atoms with Crippen LogP contribution in [0.1, 0.15) is 19.3 Å². The summed E-state index contributed by atoms with van der Waals surface area (Å²) < 4.78 is 5.23. The van der Waals surface area contributed by atoms with Gasteiger partial charge in [0.15, 0.2) is 0 Å². The number of benzene rings is 1. The molecule has 2 aliphatic rings. The van der Waals surface area contributed by atoms with Gasteiger partial charge in [-0.05, 0) is 31.0 Å². The van der Waals surface area contributed by atoms with Crippen molar-refractivity contribution in [3.63, 3.8) is 0 Å². The maximum Gasteiger partial charge on any atom is 0.252 e. The van der Waals surface area contributed by atoms with E-state index in [1.165, 1.54) is 4.90 Å². The summed E-state index contributed by atoms with van der Waals surface area (Å²) in [5.41, 5.74) is 0.629. The number of halogens is 1. The second-order valence-corrected chi connectivity index (χ2v) is 5.52. The van der Waals surface area contributed by atoms with Crippen LogP contribution in [0.15, 0.2) is 18.2 Å². The zero-order chi connectivity index (χ0) is 14.3. The predicted molar refractivity (Wildman–Crippen MR) is 74.9 cm³/mol. The summed E-state index contributed by atoms with van der Waals surface area (Å²) in [7, 11) is 1.55. The third-order valence-electron chi connectivity index (χ3n) is 3.59. The number of nitrogens with one attached hydrogen (secondary N) is 1. The highest BCUT2D eigenvalue weighted by Crippen LogP contribution is 2.34. The lowest BCUT2D eigenvalue weighted by atomic mass is 10.2. The number of anilines is 1. The largest absolute Gasteiger partial charge is 0.495 e. The van der Waals surface area contributed by atoms with Gasteiger partial charge in [0.25, 0.3) is 5.91 Å². The number of hydrogen-bond donors (Lipinski definition) is 1. The minimum Gasteiger partial charge on any atom is -0.495 e. The number of carbonyl (C=O) groups excluding carboxylic acids is 2. The lowest BCUT2D eigenvalue weighted by Gasteiger charge is -2.17. The van der Waals surface area contributed by atoms with Crippen LogP contribution < -0.4 is 10.1 Å². The highest BCUT2D eigenvalue weighted by atomic mass is 35.5. The van der Waals surface area contributed by atoms with Crippen LogP contribution in [0.2, 0.25) is 5.02 Å². The summed E-state index contributed by atoms with van der Waals surface area (Å²) in [5.74, 6) is 0.343. The van der Waals surface area contributed by atoms with E-state index in [4.69, 9.17) is 16.3 Å². The first-order valence-electron chi connectivity index (χ1n) is 6.56. The maximum atomic E-state index is 12.3. The van der Waals surface area contributed by atoms with E-state index in [-0.39, 0.29) is 24.3 Å². The van der Waals surface area contributed by atoms with Crippen LogP contribution in [0.4, 0.5) is 5.69 Å². The number of likely N-dealkylation sites (tertiary alicyclic amines) is 1. The Morgan fingerprint density at radius 3 is 2.75 bits per heavy atom. The zero-order valence-electron chi connectivity index (χ0n) is 11.1. The lowest BCUT2D eigenvalue weighted by Crippen LogP contribution is -2.36. The van der Waals surface area contributed by atoms with Gasteiger partial charge in [-0.1, -0.05) is 11.6 Å². The van der Waals surface area contributed by atoms with Crippen molar-refractivity contribution >= 4 is 29.1 Å². The van der Waals surface area contributed by atoms with Gasteiger partial charge >= 0.3 is 0 Å². The number of hydrogen-bond acceptors (Lipinski definition) is 4. The Morgan fingerprint density at radius 1 is 1.35 bits per heavy atom. The first-order chi connectivity index (χ1) is 9.60. The monoisotopic (exact) mass is 294 g/mol. The topological polar surface area (TPSA) is 58.6 Å². The number of methoxy groups -OCH3 is 1. The predicted octanol–water partition coefficient (Wildman–Crippen LogP) is 2.05. The van der Waals surface area contributed by atoms with Gasteiger partial charge in [0.05, 0.1) is 19.2 Å². The molecule has 0 spiro atoms. The minimum atomic E-state index is -0.532. The van der Waals surface area contributed by atoms with Crippen molar-refractivity contribution in [3.05, 3.63) is 23.2 Å². The minimum absolute atomic E-state index is 0.101. The van der Waals surface area contributed by atoms with E-state index in [0.29, 0.717) is 16.5 Å². The quantitative estimate of drug-likeness (QED) is 0.864. The number of rotatable bonds is 4. The van der Waals surface area contributed by atoms with Gasteiger partial charge in [-0.25, -0.2) is 0 Å². The average molecular weight is 295 g/mol. The molecule has 1 N–H and O–H groups in total. The molecule has 1 aliphatic heterocycles. The van der Waals surface area contributed by atoms with E-state index >= 15 is 0 Å². The van der Waals surface area contributed by atoms with Crippen LogP contribution in [0.25, 0.3) is 0 Å². The molecule has 1 atom stereocenters. The molecule has 1 saturated carbocycles. The van der Waals surface area contributed by atoms with E-state index in [9.17, 15) is 9.59 Å². The fourth-order valence-corrected chi connectivity index (χ4v) is 2.63. The number of amides is 2. The smallest absolute Gasteiger partial charge is 0.252 e. The first kappa shape index (κ1) is 13.2. The molecular formula is C14H15ClN2O3. The van der Waals surface area contributed by atoms with Gasteiger partial charge in [-0.2, -0.15) is 0 Å². The average Bonchev–Trinajstić information content (AvgIpc) is 3.19. The highest BCUT2D eigenvalue weighted by molar-refractivity contribution is 6.31. The van der Waals surface area contributed by atoms with Crippen LogP contribution in [0, 0.1) is 0 Å². The summed E-state index contributed by atoms with van der Waals surface area (Å²) in [4.78, 5) is 25.5. The van der Waals surface area contributed by atoms with E-state index < -0.39 is 6.04 Å². The first-order valence-corrected chi connectivity index (χ1v) is 6.94. The van der Waals surface area contributed by atoms with Crippen LogP contribution in [-0.4, -0.2) is 35.9 Å². The molecule has 1 aliphatic carbocycles. The van der Waals surface area contributed by atoms with Crippen LogP contribution in [0.5, 0.6) is 5.75 Å². The maximum absolute atomic E-state index is 12.3. The Balaban J connectivity index is 1.80. The Morgan fingerprint density at radius 2 is 2.10 bits per heavy atom. The number of ether oxygens (including phenoxy) is 1. The molecule has 5 nitrogen and oxygen atoms in total. The molecule has 1 aromatic rings. The molecule has 2 amide bonds. The fraction of sp³-hybridized carbons (Fsp3) is 0.429. The van der Waals surface area contributed by atoms with E-state index in [0.717, 1.165) is 12.8 Å². The Hall–Kier alpha value is -1.75. The van der Waals surface area contributed by atoms with Crippen molar-refractivity contribution in [3.8, 4) is 5.75 Å². The van der Waals surface area contributed by atoms with Crippen molar-refractivity contribution in [1.82, 2.24) is 4.90 Å². The van der Waals surface area contributed by atoms with Crippen molar-refractivity contribution in [1.29, 1.82) is 0 Å². The second-order valence-electron chi connectivity index (χ2n) is 5.08. The van der Waals surface area contributed by atoms with Gasteiger partial charge in [0.2, 0.25) is 5.91 Å². The van der Waals surface area contributed by atoms with Crippen molar-refractivity contribution < 1.29 is 14.3 Å². The summed E-state index contributed by atoms with van der Waals surface area (Å²) in [6.45, 7) is 0. The van der Waals surface area contributed by atoms with Crippen molar-refractivity contribution in [2.45, 2.75) is 31.3 Å². The van der Waals surface area contributed by atoms with Gasteiger partial charge in [0.1, 0.15) is 11.8 Å². The van der Waals surface area contributed by atoms with Gasteiger partial charge in [0, 0.05) is 11.1 Å². The summed E-state index contributed by atoms with van der Waals surface area (Å²) in [6, 6.07) is 4.71. The second kappa shape index (κ2) is 4.98. The zero-order valence-corrected chi connectivity index (χ0v) is 11.8. The highest BCUT2D eigenvalue weighted by Gasteiger charge is 2.46. The van der Waals surface area contributed by atoms with E-state index in [2.05, 4.69) is 5.32 Å². The van der Waals surface area contributed by atoms with Crippen LogP contribution in [-0.2, 0) is 9.59 Å². The molecule has 0 bridgehead atoms. The van der Waals surface area contributed by atoms with Crippen LogP contribution in [0.3, 0.4) is 0 Å². The van der Waals surface area contributed by atoms with Gasteiger partial charge < -0.3 is 10.1 Å². The molecule has 3 rings (SSSR count). The lowest BCUT2D eigenvalue weighted by molar-refractivity contribution is -0.139. The van der Waals surface area contributed by atoms with Crippen molar-refractivity contribution in [2.75, 3.05) is 12.4 Å². The third kappa shape index (κ3) is 2.33. The SMILES string of the molecule is COc1ccc(Cl)cc1NC1CC(=O)N(C2CC2)C1=O. The number of imide groups is 1. The Bertz CT molecular complexity index is 572. The molecule has 2 fully saturated rings. The van der Waals surface area contributed by atoms with E-state index in [1.807, 2.05) is 0 Å².